The fourth-order valence-corrected chi connectivity index (χ4v) is 1.97. The maximum atomic E-state index is 5.43. The van der Waals surface area contributed by atoms with Crippen LogP contribution in [-0.4, -0.2) is 47.1 Å². The monoisotopic (exact) mass is 291 g/mol. The number of aromatic nitrogens is 4. The summed E-state index contributed by atoms with van der Waals surface area (Å²) in [7, 11) is 1.68. The lowest BCUT2D eigenvalue weighted by molar-refractivity contribution is 0.196. The van der Waals surface area contributed by atoms with E-state index in [1.165, 1.54) is 0 Å². The van der Waals surface area contributed by atoms with Crippen molar-refractivity contribution in [2.24, 2.45) is 0 Å². The van der Waals surface area contributed by atoms with Crippen LogP contribution in [0.25, 0.3) is 5.69 Å². The van der Waals surface area contributed by atoms with Crippen molar-refractivity contribution in [1.29, 1.82) is 0 Å². The maximum absolute atomic E-state index is 5.43. The zero-order chi connectivity index (χ0) is 15.1. The van der Waals surface area contributed by atoms with Crippen LogP contribution in [0.1, 0.15) is 25.7 Å². The molecule has 0 fully saturated rings. The molecule has 1 heterocycles. The van der Waals surface area contributed by atoms with E-state index in [9.17, 15) is 0 Å². The first kappa shape index (κ1) is 15.4. The highest BCUT2D eigenvalue weighted by molar-refractivity contribution is 5.37. The van der Waals surface area contributed by atoms with Crippen LogP contribution in [-0.2, 0) is 4.74 Å². The van der Waals surface area contributed by atoms with Gasteiger partial charge in [0.1, 0.15) is 5.75 Å². The van der Waals surface area contributed by atoms with E-state index < -0.39 is 0 Å². The topological polar surface area (TPSA) is 74.1 Å². The molecule has 2 rings (SSSR count). The molecule has 0 saturated heterocycles. The lowest BCUT2D eigenvalue weighted by atomic mass is 10.2. The number of hydrogen-bond donors (Lipinski definition) is 1. The minimum absolute atomic E-state index is 0.0294. The molecule has 0 amide bonds. The van der Waals surface area contributed by atoms with Crippen LogP contribution >= 0.6 is 0 Å². The summed E-state index contributed by atoms with van der Waals surface area (Å²) in [6, 6.07) is 7.72. The van der Waals surface area contributed by atoms with E-state index in [-0.39, 0.29) is 6.04 Å². The van der Waals surface area contributed by atoms with E-state index in [0.717, 1.165) is 23.8 Å². The first-order valence-corrected chi connectivity index (χ1v) is 7.00. The Hall–Kier alpha value is -1.99. The van der Waals surface area contributed by atoms with E-state index in [1.807, 2.05) is 38.1 Å². The highest BCUT2D eigenvalue weighted by atomic mass is 16.5. The van der Waals surface area contributed by atoms with Crippen LogP contribution in [0, 0.1) is 0 Å². The van der Waals surface area contributed by atoms with E-state index in [2.05, 4.69) is 20.8 Å². The Morgan fingerprint density at radius 2 is 2.05 bits per heavy atom. The van der Waals surface area contributed by atoms with Crippen molar-refractivity contribution in [2.75, 3.05) is 26.9 Å². The standard InChI is InChI=1S/C14H21N5O2/c1-4-21-13-7-5-12(6-8-13)19-14(16-17-18-19)11(2)15-9-10-20-3/h5-8,11,15H,4,9-10H2,1-3H3. The second kappa shape index (κ2) is 7.70. The van der Waals surface area contributed by atoms with E-state index in [4.69, 9.17) is 9.47 Å². The summed E-state index contributed by atoms with van der Waals surface area (Å²) in [6.07, 6.45) is 0. The van der Waals surface area contributed by atoms with E-state index in [0.29, 0.717) is 13.2 Å². The molecule has 114 valence electrons. The number of methoxy groups -OCH3 is 1. The van der Waals surface area contributed by atoms with Crippen molar-refractivity contribution in [1.82, 2.24) is 25.5 Å². The van der Waals surface area contributed by atoms with Crippen LogP contribution in [0.2, 0.25) is 0 Å². The minimum Gasteiger partial charge on any atom is -0.494 e. The summed E-state index contributed by atoms with van der Waals surface area (Å²) >= 11 is 0. The van der Waals surface area contributed by atoms with Crippen molar-refractivity contribution < 1.29 is 9.47 Å². The molecule has 0 spiro atoms. The molecular formula is C14H21N5O2. The van der Waals surface area contributed by atoms with E-state index >= 15 is 0 Å². The molecule has 7 heteroatoms. The van der Waals surface area contributed by atoms with Gasteiger partial charge in [-0.1, -0.05) is 0 Å². The molecular weight excluding hydrogens is 270 g/mol. The number of hydrogen-bond acceptors (Lipinski definition) is 6. The molecule has 1 atom stereocenters. The van der Waals surface area contributed by atoms with Gasteiger partial charge in [0.05, 0.1) is 24.9 Å². The predicted molar refractivity (Wildman–Crippen MR) is 78.6 cm³/mol. The number of ether oxygens (including phenoxy) is 2. The average Bonchev–Trinajstić information content (AvgIpc) is 2.98. The fourth-order valence-electron chi connectivity index (χ4n) is 1.97. The first-order valence-electron chi connectivity index (χ1n) is 7.00. The zero-order valence-corrected chi connectivity index (χ0v) is 12.6. The first-order chi connectivity index (χ1) is 10.3. The Morgan fingerprint density at radius 1 is 1.29 bits per heavy atom. The third-order valence-corrected chi connectivity index (χ3v) is 3.03. The molecule has 0 saturated carbocycles. The number of rotatable bonds is 8. The lowest BCUT2D eigenvalue weighted by Crippen LogP contribution is -2.25. The quantitative estimate of drug-likeness (QED) is 0.740. The predicted octanol–water partition coefficient (Wildman–Crippen LogP) is 1.36. The van der Waals surface area contributed by atoms with Gasteiger partial charge in [-0.05, 0) is 48.5 Å². The molecule has 21 heavy (non-hydrogen) atoms. The van der Waals surface area contributed by atoms with Gasteiger partial charge < -0.3 is 14.8 Å². The van der Waals surface area contributed by atoms with Gasteiger partial charge in [-0.2, -0.15) is 4.68 Å². The second-order valence-electron chi connectivity index (χ2n) is 4.54. The molecule has 2 aromatic rings. The van der Waals surface area contributed by atoms with Gasteiger partial charge >= 0.3 is 0 Å². The highest BCUT2D eigenvalue weighted by Crippen LogP contribution is 2.17. The van der Waals surface area contributed by atoms with Crippen LogP contribution in [0.4, 0.5) is 0 Å². The molecule has 1 aromatic carbocycles. The van der Waals surface area contributed by atoms with Gasteiger partial charge in [-0.15, -0.1) is 5.10 Å². The normalized spacial score (nSPS) is 12.3. The summed E-state index contributed by atoms with van der Waals surface area (Å²) in [5.74, 6) is 1.59. The number of benzene rings is 1. The Morgan fingerprint density at radius 3 is 2.71 bits per heavy atom. The number of tetrazole rings is 1. The molecule has 1 N–H and O–H groups in total. The Bertz CT molecular complexity index is 541. The summed E-state index contributed by atoms with van der Waals surface area (Å²) in [6.45, 7) is 6.02. The van der Waals surface area contributed by atoms with Gasteiger partial charge in [0, 0.05) is 13.7 Å². The number of nitrogens with one attached hydrogen (secondary N) is 1. The summed E-state index contributed by atoms with van der Waals surface area (Å²) < 4.78 is 12.2. The minimum atomic E-state index is 0.0294. The Kier molecular flexibility index (Phi) is 5.65. The summed E-state index contributed by atoms with van der Waals surface area (Å²) in [5.41, 5.74) is 0.902. The van der Waals surface area contributed by atoms with Crippen LogP contribution in [0.3, 0.4) is 0 Å². The van der Waals surface area contributed by atoms with Gasteiger partial charge in [-0.25, -0.2) is 0 Å². The van der Waals surface area contributed by atoms with Crippen LogP contribution in [0.15, 0.2) is 24.3 Å². The van der Waals surface area contributed by atoms with Gasteiger partial charge in [0.2, 0.25) is 0 Å². The lowest BCUT2D eigenvalue weighted by Gasteiger charge is -2.13. The third-order valence-electron chi connectivity index (χ3n) is 3.03. The third kappa shape index (κ3) is 3.99. The summed E-state index contributed by atoms with van der Waals surface area (Å²) in [4.78, 5) is 0. The Labute approximate surface area is 124 Å². The average molecular weight is 291 g/mol. The van der Waals surface area contributed by atoms with Crippen LogP contribution < -0.4 is 10.1 Å². The fraction of sp³-hybridized carbons (Fsp3) is 0.500. The van der Waals surface area contributed by atoms with Crippen molar-refractivity contribution in [3.63, 3.8) is 0 Å². The SMILES string of the molecule is CCOc1ccc(-n2nnnc2C(C)NCCOC)cc1. The summed E-state index contributed by atoms with van der Waals surface area (Å²) in [5, 5.41) is 15.2. The molecule has 1 unspecified atom stereocenters. The maximum Gasteiger partial charge on any atom is 0.173 e. The van der Waals surface area contributed by atoms with Crippen molar-refractivity contribution in [3.8, 4) is 11.4 Å². The van der Waals surface area contributed by atoms with Gasteiger partial charge in [-0.3, -0.25) is 0 Å². The molecule has 7 nitrogen and oxygen atoms in total. The molecule has 0 aliphatic carbocycles. The van der Waals surface area contributed by atoms with Gasteiger partial charge in [0.25, 0.3) is 0 Å². The molecule has 1 aromatic heterocycles. The second-order valence-corrected chi connectivity index (χ2v) is 4.54. The zero-order valence-electron chi connectivity index (χ0n) is 12.6. The van der Waals surface area contributed by atoms with E-state index in [1.54, 1.807) is 11.8 Å². The van der Waals surface area contributed by atoms with Crippen molar-refractivity contribution >= 4 is 0 Å². The Balaban J connectivity index is 2.11. The molecule has 0 radical (unpaired) electrons. The van der Waals surface area contributed by atoms with Crippen LogP contribution in [0.5, 0.6) is 5.75 Å². The smallest absolute Gasteiger partial charge is 0.173 e. The van der Waals surface area contributed by atoms with Crippen molar-refractivity contribution in [3.05, 3.63) is 30.1 Å². The molecule has 0 aliphatic heterocycles. The molecule has 0 aliphatic rings. The highest BCUT2D eigenvalue weighted by Gasteiger charge is 2.15. The van der Waals surface area contributed by atoms with Crippen molar-refractivity contribution in [2.45, 2.75) is 19.9 Å². The largest absolute Gasteiger partial charge is 0.494 e. The molecule has 0 bridgehead atoms. The van der Waals surface area contributed by atoms with Gasteiger partial charge in [0.15, 0.2) is 5.82 Å². The number of nitrogens with zero attached hydrogens (tertiary/aromatic N) is 4.